The van der Waals surface area contributed by atoms with E-state index < -0.39 is 12.1 Å². The molecule has 1 atom stereocenters. The zero-order valence-corrected chi connectivity index (χ0v) is 9.15. The Morgan fingerprint density at radius 2 is 2.35 bits per heavy atom. The van der Waals surface area contributed by atoms with E-state index in [1.807, 2.05) is 0 Å². The molecule has 2 rings (SSSR count). The van der Waals surface area contributed by atoms with Crippen LogP contribution in [0.5, 0.6) is 0 Å². The molecule has 92 valence electrons. The Bertz CT molecular complexity index is 404. The Morgan fingerprint density at radius 3 is 3.00 bits per heavy atom. The molecule has 1 amide bonds. The number of rotatable bonds is 3. The molecule has 0 aromatic carbocycles. The number of carboxylic acids is 1. The zero-order valence-electron chi connectivity index (χ0n) is 9.15. The lowest BCUT2D eigenvalue weighted by Crippen LogP contribution is -2.49. The van der Waals surface area contributed by atoms with Gasteiger partial charge in [-0.2, -0.15) is 5.10 Å². The summed E-state index contributed by atoms with van der Waals surface area (Å²) < 4.78 is 6.55. The number of nitrogens with zero attached hydrogens (tertiary/aromatic N) is 3. The number of hydrogen-bond donors (Lipinski definition) is 1. The van der Waals surface area contributed by atoms with Gasteiger partial charge in [0.2, 0.25) is 5.91 Å². The molecule has 1 aromatic heterocycles. The maximum atomic E-state index is 11.9. The van der Waals surface area contributed by atoms with Crippen molar-refractivity contribution in [1.29, 1.82) is 0 Å². The van der Waals surface area contributed by atoms with E-state index in [4.69, 9.17) is 9.84 Å². The summed E-state index contributed by atoms with van der Waals surface area (Å²) in [6, 6.07) is 1.73. The van der Waals surface area contributed by atoms with Crippen molar-refractivity contribution in [3.8, 4) is 0 Å². The fourth-order valence-corrected chi connectivity index (χ4v) is 1.66. The van der Waals surface area contributed by atoms with E-state index in [2.05, 4.69) is 5.10 Å². The number of aromatic nitrogens is 2. The van der Waals surface area contributed by atoms with Crippen LogP contribution in [0.25, 0.3) is 0 Å². The Labute approximate surface area is 97.6 Å². The first-order valence-electron chi connectivity index (χ1n) is 5.26. The molecule has 0 saturated carbocycles. The maximum Gasteiger partial charge on any atom is 0.334 e. The van der Waals surface area contributed by atoms with Crippen LogP contribution in [0.3, 0.4) is 0 Å². The fraction of sp³-hybridized carbons (Fsp3) is 0.500. The van der Waals surface area contributed by atoms with Gasteiger partial charge in [0.05, 0.1) is 13.2 Å². The topological polar surface area (TPSA) is 84.7 Å². The summed E-state index contributed by atoms with van der Waals surface area (Å²) in [6.45, 7) is 0.889. The molecule has 7 heteroatoms. The van der Waals surface area contributed by atoms with Crippen molar-refractivity contribution < 1.29 is 19.4 Å². The molecule has 0 spiro atoms. The second-order valence-corrected chi connectivity index (χ2v) is 3.74. The number of hydrogen-bond acceptors (Lipinski definition) is 4. The van der Waals surface area contributed by atoms with Gasteiger partial charge in [-0.1, -0.05) is 0 Å². The van der Waals surface area contributed by atoms with E-state index in [1.54, 1.807) is 18.5 Å². The Hall–Kier alpha value is -1.89. The van der Waals surface area contributed by atoms with Crippen molar-refractivity contribution in [2.24, 2.45) is 0 Å². The van der Waals surface area contributed by atoms with Gasteiger partial charge in [-0.25, -0.2) is 4.79 Å². The zero-order chi connectivity index (χ0) is 12.3. The standard InChI is InChI=1S/C10H13N3O4/c14-9(7-13-3-1-2-11-13)12-4-5-17-8(6-12)10(15)16/h1-3,8H,4-7H2,(H,15,16)/t8-/m0/s1. The highest BCUT2D eigenvalue weighted by atomic mass is 16.5. The quantitative estimate of drug-likeness (QED) is 0.746. The van der Waals surface area contributed by atoms with Crippen molar-refractivity contribution in [2.45, 2.75) is 12.6 Å². The first kappa shape index (κ1) is 11.6. The summed E-state index contributed by atoms with van der Waals surface area (Å²) in [5.74, 6) is -1.19. The van der Waals surface area contributed by atoms with Crippen LogP contribution in [0, 0.1) is 0 Å². The van der Waals surface area contributed by atoms with Crippen LogP contribution < -0.4 is 0 Å². The van der Waals surface area contributed by atoms with Gasteiger partial charge in [-0.15, -0.1) is 0 Å². The molecule has 0 radical (unpaired) electrons. The van der Waals surface area contributed by atoms with Crippen LogP contribution in [-0.2, 0) is 20.9 Å². The minimum Gasteiger partial charge on any atom is -0.479 e. The van der Waals surface area contributed by atoms with E-state index in [0.717, 1.165) is 0 Å². The van der Waals surface area contributed by atoms with E-state index in [9.17, 15) is 9.59 Å². The molecule has 0 bridgehead atoms. The minimum absolute atomic E-state index is 0.0927. The lowest BCUT2D eigenvalue weighted by molar-refractivity contribution is -0.159. The number of morpholine rings is 1. The van der Waals surface area contributed by atoms with Gasteiger partial charge in [-0.05, 0) is 6.07 Å². The third-order valence-corrected chi connectivity index (χ3v) is 2.55. The highest BCUT2D eigenvalue weighted by Gasteiger charge is 2.28. The number of carbonyl (C=O) groups excluding carboxylic acids is 1. The van der Waals surface area contributed by atoms with Gasteiger partial charge in [-0.3, -0.25) is 9.48 Å². The second kappa shape index (κ2) is 4.96. The average Bonchev–Trinajstić information content (AvgIpc) is 2.82. The lowest BCUT2D eigenvalue weighted by atomic mass is 10.2. The van der Waals surface area contributed by atoms with Gasteiger partial charge in [0.15, 0.2) is 6.10 Å². The first-order valence-corrected chi connectivity index (χ1v) is 5.26. The van der Waals surface area contributed by atoms with E-state index in [0.29, 0.717) is 6.54 Å². The molecule has 1 aliphatic heterocycles. The number of amides is 1. The summed E-state index contributed by atoms with van der Waals surface area (Å²) in [5.41, 5.74) is 0. The minimum atomic E-state index is -1.04. The van der Waals surface area contributed by atoms with Gasteiger partial charge in [0.1, 0.15) is 6.54 Å². The molecule has 2 heterocycles. The van der Waals surface area contributed by atoms with Crippen LogP contribution in [0.4, 0.5) is 0 Å². The third kappa shape index (κ3) is 2.82. The summed E-state index contributed by atoms with van der Waals surface area (Å²) in [6.07, 6.45) is 2.35. The van der Waals surface area contributed by atoms with Crippen molar-refractivity contribution >= 4 is 11.9 Å². The highest BCUT2D eigenvalue weighted by Crippen LogP contribution is 2.06. The highest BCUT2D eigenvalue weighted by molar-refractivity contribution is 5.78. The normalized spacial score (nSPS) is 20.2. The van der Waals surface area contributed by atoms with Crippen LogP contribution in [-0.4, -0.2) is 57.5 Å². The molecule has 0 aliphatic carbocycles. The van der Waals surface area contributed by atoms with E-state index >= 15 is 0 Å². The van der Waals surface area contributed by atoms with Crippen LogP contribution in [0.2, 0.25) is 0 Å². The number of aliphatic carboxylic acids is 1. The molecule has 1 aliphatic rings. The van der Waals surface area contributed by atoms with Crippen molar-refractivity contribution in [2.75, 3.05) is 19.7 Å². The van der Waals surface area contributed by atoms with E-state index in [-0.39, 0.29) is 25.6 Å². The SMILES string of the molecule is O=C(O)[C@@H]1CN(C(=O)Cn2cccn2)CCO1. The van der Waals surface area contributed by atoms with Gasteiger partial charge >= 0.3 is 5.97 Å². The predicted octanol–water partition coefficient (Wildman–Crippen LogP) is -0.805. The molecular weight excluding hydrogens is 226 g/mol. The number of carboxylic acid groups (broad SMARTS) is 1. The molecule has 1 saturated heterocycles. The first-order chi connectivity index (χ1) is 8.16. The van der Waals surface area contributed by atoms with Crippen molar-refractivity contribution in [3.63, 3.8) is 0 Å². The number of ether oxygens (including phenoxy) is 1. The third-order valence-electron chi connectivity index (χ3n) is 2.55. The smallest absolute Gasteiger partial charge is 0.334 e. The van der Waals surface area contributed by atoms with Crippen molar-refractivity contribution in [3.05, 3.63) is 18.5 Å². The Balaban J connectivity index is 1.93. The van der Waals surface area contributed by atoms with Gasteiger partial charge < -0.3 is 14.7 Å². The molecule has 17 heavy (non-hydrogen) atoms. The maximum absolute atomic E-state index is 11.9. The molecule has 0 unspecified atom stereocenters. The molecular formula is C10H13N3O4. The Kier molecular flexibility index (Phi) is 3.38. The van der Waals surface area contributed by atoms with Crippen LogP contribution in [0.15, 0.2) is 18.5 Å². The largest absolute Gasteiger partial charge is 0.479 e. The predicted molar refractivity (Wildman–Crippen MR) is 56.2 cm³/mol. The van der Waals surface area contributed by atoms with Gasteiger partial charge in [0.25, 0.3) is 0 Å². The average molecular weight is 239 g/mol. The second-order valence-electron chi connectivity index (χ2n) is 3.74. The number of carbonyl (C=O) groups is 2. The lowest BCUT2D eigenvalue weighted by Gasteiger charge is -2.30. The van der Waals surface area contributed by atoms with Crippen molar-refractivity contribution in [1.82, 2.24) is 14.7 Å². The molecule has 7 nitrogen and oxygen atoms in total. The summed E-state index contributed by atoms with van der Waals surface area (Å²) in [5, 5.41) is 12.7. The van der Waals surface area contributed by atoms with Crippen LogP contribution in [0.1, 0.15) is 0 Å². The van der Waals surface area contributed by atoms with Crippen LogP contribution >= 0.6 is 0 Å². The fourth-order valence-electron chi connectivity index (χ4n) is 1.66. The monoisotopic (exact) mass is 239 g/mol. The molecule has 1 N–H and O–H groups in total. The molecule has 1 fully saturated rings. The van der Waals surface area contributed by atoms with Gasteiger partial charge in [0, 0.05) is 18.9 Å². The summed E-state index contributed by atoms with van der Waals surface area (Å²) >= 11 is 0. The summed E-state index contributed by atoms with van der Waals surface area (Å²) in [4.78, 5) is 24.1. The van der Waals surface area contributed by atoms with E-state index in [1.165, 1.54) is 9.58 Å². The Morgan fingerprint density at radius 1 is 1.53 bits per heavy atom. The molecule has 1 aromatic rings. The summed E-state index contributed by atoms with van der Waals surface area (Å²) in [7, 11) is 0.